The van der Waals surface area contributed by atoms with Gasteiger partial charge < -0.3 is 30.6 Å². The van der Waals surface area contributed by atoms with E-state index >= 15 is 0 Å². The lowest BCUT2D eigenvalue weighted by Gasteiger charge is -2.23. The molecule has 11 heteroatoms. The Labute approximate surface area is 178 Å². The van der Waals surface area contributed by atoms with Crippen LogP contribution in [0.5, 0.6) is 0 Å². The zero-order valence-electron chi connectivity index (χ0n) is 15.9. The second kappa shape index (κ2) is 8.20. The molecule has 0 spiro atoms. The van der Waals surface area contributed by atoms with Crippen molar-refractivity contribution in [1.29, 1.82) is 0 Å². The summed E-state index contributed by atoms with van der Waals surface area (Å²) in [5.41, 5.74) is 1.65. The van der Waals surface area contributed by atoms with Gasteiger partial charge in [0.05, 0.1) is 23.8 Å². The van der Waals surface area contributed by atoms with Crippen LogP contribution in [0.4, 0.5) is 5.00 Å². The summed E-state index contributed by atoms with van der Waals surface area (Å²) in [7, 11) is 0. The first kappa shape index (κ1) is 20.6. The molecule has 10 nitrogen and oxygen atoms in total. The van der Waals surface area contributed by atoms with Gasteiger partial charge in [-0.3, -0.25) is 9.59 Å². The van der Waals surface area contributed by atoms with E-state index in [0.29, 0.717) is 16.0 Å². The fourth-order valence-corrected chi connectivity index (χ4v) is 4.63. The smallest absolute Gasteiger partial charge is 0.394 e. The summed E-state index contributed by atoms with van der Waals surface area (Å²) >= 11 is 0.969. The molecule has 1 atom stereocenters. The third-order valence-corrected chi connectivity index (χ3v) is 6.05. The predicted molar refractivity (Wildman–Crippen MR) is 110 cm³/mol. The topological polar surface area (TPSA) is 158 Å². The van der Waals surface area contributed by atoms with Crippen molar-refractivity contribution in [3.63, 3.8) is 0 Å². The number of carboxylic acid groups (broad SMARTS) is 2. The van der Waals surface area contributed by atoms with E-state index in [0.717, 1.165) is 22.2 Å². The van der Waals surface area contributed by atoms with Crippen molar-refractivity contribution in [1.82, 2.24) is 10.3 Å². The number of amides is 2. The van der Waals surface area contributed by atoms with Crippen LogP contribution in [0, 0.1) is 0 Å². The number of aliphatic carboxylic acids is 1. The highest BCUT2D eigenvalue weighted by Gasteiger charge is 2.31. The number of rotatable bonds is 5. The summed E-state index contributed by atoms with van der Waals surface area (Å²) in [5.74, 6) is -4.59. The van der Waals surface area contributed by atoms with Crippen LogP contribution >= 0.6 is 11.3 Å². The first-order valence-corrected chi connectivity index (χ1v) is 10.0. The van der Waals surface area contributed by atoms with Gasteiger partial charge in [-0.15, -0.1) is 11.3 Å². The fourth-order valence-electron chi connectivity index (χ4n) is 3.49. The molecule has 1 aliphatic heterocycles. The molecule has 3 aromatic rings. The fraction of sp³-hybridized carbons (Fsp3) is 0.200. The molecule has 5 N–H and O–H groups in total. The number of anilines is 1. The van der Waals surface area contributed by atoms with Gasteiger partial charge in [0.15, 0.2) is 0 Å². The molecule has 0 radical (unpaired) electrons. The molecule has 3 heterocycles. The largest absolute Gasteiger partial charge is 0.478 e. The summed E-state index contributed by atoms with van der Waals surface area (Å²) in [6, 6.07) is 7.40. The van der Waals surface area contributed by atoms with Gasteiger partial charge in [-0.05, 0) is 11.6 Å². The van der Waals surface area contributed by atoms with Gasteiger partial charge in [-0.25, -0.2) is 9.59 Å². The van der Waals surface area contributed by atoms with E-state index in [9.17, 15) is 24.3 Å². The SMILES string of the molecule is O=C(O)C(=O)Nc1sc2c(c1C(=O)O)CC(CNC(=O)c1c[nH]c3ccccc13)OC2. The molecule has 1 unspecified atom stereocenters. The van der Waals surface area contributed by atoms with Gasteiger partial charge in [-0.2, -0.15) is 0 Å². The number of H-pyrrole nitrogens is 1. The Morgan fingerprint density at radius 2 is 1.97 bits per heavy atom. The van der Waals surface area contributed by atoms with Gasteiger partial charge in [0, 0.05) is 34.9 Å². The number of para-hydroxylation sites is 1. The van der Waals surface area contributed by atoms with E-state index in [2.05, 4.69) is 15.6 Å². The Balaban J connectivity index is 1.47. The quantitative estimate of drug-likeness (QED) is 0.376. The lowest BCUT2D eigenvalue weighted by Crippen LogP contribution is -2.36. The van der Waals surface area contributed by atoms with Crippen LogP contribution in [0.25, 0.3) is 10.9 Å². The lowest BCUT2D eigenvalue weighted by molar-refractivity contribution is -0.147. The van der Waals surface area contributed by atoms with E-state index < -0.39 is 23.9 Å². The van der Waals surface area contributed by atoms with E-state index in [4.69, 9.17) is 9.84 Å². The molecule has 2 aromatic heterocycles. The molecule has 0 aliphatic carbocycles. The summed E-state index contributed by atoms with van der Waals surface area (Å²) < 4.78 is 5.73. The molecule has 0 saturated heterocycles. The summed E-state index contributed by atoms with van der Waals surface area (Å²) in [6.45, 7) is 0.250. The summed E-state index contributed by atoms with van der Waals surface area (Å²) in [6.07, 6.45) is 1.35. The highest BCUT2D eigenvalue weighted by atomic mass is 32.1. The molecule has 4 rings (SSSR count). The first-order valence-electron chi connectivity index (χ1n) is 9.23. The number of fused-ring (bicyclic) bond motifs is 2. The molecule has 0 fully saturated rings. The number of benzene rings is 1. The Kier molecular flexibility index (Phi) is 5.44. The van der Waals surface area contributed by atoms with Crippen LogP contribution in [0.15, 0.2) is 30.5 Å². The predicted octanol–water partition coefficient (Wildman–Crippen LogP) is 1.82. The molecule has 0 saturated carbocycles. The maximum absolute atomic E-state index is 12.6. The van der Waals surface area contributed by atoms with Crippen LogP contribution in [-0.4, -0.2) is 51.6 Å². The normalized spacial score (nSPS) is 15.3. The zero-order valence-corrected chi connectivity index (χ0v) is 16.7. The van der Waals surface area contributed by atoms with Gasteiger partial charge in [-0.1, -0.05) is 18.2 Å². The number of aromatic amines is 1. The minimum Gasteiger partial charge on any atom is -0.478 e. The van der Waals surface area contributed by atoms with Crippen molar-refractivity contribution in [2.75, 3.05) is 11.9 Å². The first-order chi connectivity index (χ1) is 14.8. The number of hydrogen-bond donors (Lipinski definition) is 5. The Hall–Kier alpha value is -3.70. The maximum atomic E-state index is 12.6. The van der Waals surface area contributed by atoms with Crippen molar-refractivity contribution < 1.29 is 34.1 Å². The van der Waals surface area contributed by atoms with Crippen LogP contribution < -0.4 is 10.6 Å². The second-order valence-electron chi connectivity index (χ2n) is 6.87. The third-order valence-electron chi connectivity index (χ3n) is 4.93. The molecule has 160 valence electrons. The average Bonchev–Trinajstić information content (AvgIpc) is 3.32. The molecule has 2 amide bonds. The minimum atomic E-state index is -1.71. The van der Waals surface area contributed by atoms with Crippen LogP contribution in [0.1, 0.15) is 31.2 Å². The summed E-state index contributed by atoms with van der Waals surface area (Å²) in [4.78, 5) is 50.2. The molecule has 0 bridgehead atoms. The number of ether oxygens (including phenoxy) is 1. The van der Waals surface area contributed by atoms with Crippen molar-refractivity contribution in [3.05, 3.63) is 52.0 Å². The van der Waals surface area contributed by atoms with Crippen molar-refractivity contribution in [2.45, 2.75) is 19.1 Å². The van der Waals surface area contributed by atoms with Gasteiger partial charge >= 0.3 is 17.8 Å². The number of carbonyl (C=O) groups excluding carboxylic acids is 2. The zero-order chi connectivity index (χ0) is 22.1. The molecule has 31 heavy (non-hydrogen) atoms. The number of aromatic carboxylic acids is 1. The number of carboxylic acids is 2. The van der Waals surface area contributed by atoms with Crippen LogP contribution in [-0.2, 0) is 27.4 Å². The van der Waals surface area contributed by atoms with E-state index in [1.54, 1.807) is 6.20 Å². The van der Waals surface area contributed by atoms with E-state index in [-0.39, 0.29) is 36.0 Å². The molecular weight excluding hydrogens is 426 g/mol. The van der Waals surface area contributed by atoms with Crippen molar-refractivity contribution in [3.8, 4) is 0 Å². The standard InChI is InChI=1S/C20H17N3O7S/c24-16(12-7-21-13-4-2-1-3-10(12)13)22-6-9-5-11-14(8-30-9)31-18(15(11)19(26)27)23-17(25)20(28)29/h1-4,7,9,21H,5-6,8H2,(H,22,24)(H,23,25)(H,26,27)(H,28,29). The van der Waals surface area contributed by atoms with Crippen LogP contribution in [0.3, 0.4) is 0 Å². The van der Waals surface area contributed by atoms with Gasteiger partial charge in [0.2, 0.25) is 0 Å². The number of hydrogen-bond acceptors (Lipinski definition) is 6. The van der Waals surface area contributed by atoms with Crippen molar-refractivity contribution >= 4 is 51.0 Å². The molecule has 1 aliphatic rings. The number of aromatic nitrogens is 1. The number of thiophene rings is 1. The minimum absolute atomic E-state index is 0.0445. The van der Waals surface area contributed by atoms with Crippen molar-refractivity contribution in [2.24, 2.45) is 0 Å². The van der Waals surface area contributed by atoms with E-state index in [1.807, 2.05) is 24.3 Å². The lowest BCUT2D eigenvalue weighted by atomic mass is 10.0. The van der Waals surface area contributed by atoms with Gasteiger partial charge in [0.1, 0.15) is 5.00 Å². The highest BCUT2D eigenvalue weighted by Crippen LogP contribution is 2.37. The van der Waals surface area contributed by atoms with E-state index in [1.165, 1.54) is 0 Å². The number of carbonyl (C=O) groups is 4. The third kappa shape index (κ3) is 4.00. The monoisotopic (exact) mass is 443 g/mol. The molecule has 1 aromatic carbocycles. The summed E-state index contributed by atoms with van der Waals surface area (Å²) in [5, 5.41) is 24.0. The Bertz CT molecular complexity index is 1210. The second-order valence-corrected chi connectivity index (χ2v) is 7.97. The van der Waals surface area contributed by atoms with Gasteiger partial charge in [0.25, 0.3) is 5.91 Å². The number of nitrogens with one attached hydrogen (secondary N) is 3. The van der Waals surface area contributed by atoms with Crippen LogP contribution in [0.2, 0.25) is 0 Å². The molecular formula is C20H17N3O7S. The maximum Gasteiger partial charge on any atom is 0.394 e. The average molecular weight is 443 g/mol. The Morgan fingerprint density at radius 3 is 2.71 bits per heavy atom. The highest BCUT2D eigenvalue weighted by molar-refractivity contribution is 7.17. The Morgan fingerprint density at radius 1 is 1.19 bits per heavy atom.